The van der Waals surface area contributed by atoms with Crippen LogP contribution >= 0.6 is 0 Å². The number of carbonyl (C=O) groups is 1. The van der Waals surface area contributed by atoms with Crippen molar-refractivity contribution in [2.24, 2.45) is 0 Å². The Morgan fingerprint density at radius 2 is 2.11 bits per heavy atom. The third kappa shape index (κ3) is 3.89. The SMILES string of the molecule is CCC(=O)OCCOc1nc(NC)c2[nH]c(=O)n(-c3ccc(C)nc3)c2n1. The maximum atomic E-state index is 12.5. The third-order valence-corrected chi connectivity index (χ3v) is 3.77. The number of fused-ring (bicyclic) bond motifs is 1. The molecular formula is C17H20N6O4. The molecular weight excluding hydrogens is 352 g/mol. The van der Waals surface area contributed by atoms with Crippen molar-refractivity contribution in [1.82, 2.24) is 24.5 Å². The van der Waals surface area contributed by atoms with Crippen molar-refractivity contribution in [3.8, 4) is 11.7 Å². The highest BCUT2D eigenvalue weighted by molar-refractivity contribution is 5.84. The summed E-state index contributed by atoms with van der Waals surface area (Å²) >= 11 is 0. The molecule has 0 atom stereocenters. The Labute approximate surface area is 154 Å². The number of aryl methyl sites for hydroxylation is 1. The average Bonchev–Trinajstić information content (AvgIpc) is 3.01. The zero-order valence-electron chi connectivity index (χ0n) is 15.3. The molecule has 0 aliphatic heterocycles. The molecule has 3 aromatic rings. The summed E-state index contributed by atoms with van der Waals surface area (Å²) in [4.78, 5) is 39.1. The van der Waals surface area contributed by atoms with Gasteiger partial charge >= 0.3 is 17.7 Å². The van der Waals surface area contributed by atoms with Gasteiger partial charge in [0.05, 0.1) is 11.9 Å². The molecule has 0 unspecified atom stereocenters. The summed E-state index contributed by atoms with van der Waals surface area (Å²) in [7, 11) is 1.68. The number of carbonyl (C=O) groups excluding carboxylic acids is 1. The van der Waals surface area contributed by atoms with Gasteiger partial charge in [-0.15, -0.1) is 0 Å². The largest absolute Gasteiger partial charge is 0.462 e. The Morgan fingerprint density at radius 3 is 2.78 bits per heavy atom. The van der Waals surface area contributed by atoms with Gasteiger partial charge in [-0.05, 0) is 19.1 Å². The fourth-order valence-electron chi connectivity index (χ4n) is 2.43. The van der Waals surface area contributed by atoms with Crippen LogP contribution in [0.25, 0.3) is 16.9 Å². The van der Waals surface area contributed by atoms with E-state index in [2.05, 4.69) is 25.3 Å². The van der Waals surface area contributed by atoms with Gasteiger partial charge < -0.3 is 19.8 Å². The molecule has 0 aliphatic rings. The Morgan fingerprint density at radius 1 is 1.30 bits per heavy atom. The Bertz CT molecular complexity index is 1010. The van der Waals surface area contributed by atoms with E-state index in [9.17, 15) is 9.59 Å². The van der Waals surface area contributed by atoms with E-state index in [1.807, 2.05) is 6.92 Å². The van der Waals surface area contributed by atoms with Crippen LogP contribution in [0, 0.1) is 6.92 Å². The maximum absolute atomic E-state index is 12.5. The number of ether oxygens (including phenoxy) is 2. The molecule has 142 valence electrons. The van der Waals surface area contributed by atoms with Crippen LogP contribution in [0.1, 0.15) is 19.0 Å². The van der Waals surface area contributed by atoms with Gasteiger partial charge in [-0.1, -0.05) is 6.92 Å². The second-order valence-electron chi connectivity index (χ2n) is 5.65. The van der Waals surface area contributed by atoms with Gasteiger partial charge in [-0.25, -0.2) is 9.36 Å². The molecule has 0 radical (unpaired) electrons. The number of rotatable bonds is 7. The number of H-pyrrole nitrogens is 1. The summed E-state index contributed by atoms with van der Waals surface area (Å²) in [5.74, 6) is 0.105. The number of nitrogens with zero attached hydrogens (tertiary/aromatic N) is 4. The summed E-state index contributed by atoms with van der Waals surface area (Å²) in [6.07, 6.45) is 1.89. The predicted octanol–water partition coefficient (Wildman–Crippen LogP) is 1.19. The van der Waals surface area contributed by atoms with Gasteiger partial charge in [0.1, 0.15) is 18.7 Å². The van der Waals surface area contributed by atoms with Crippen LogP contribution in [-0.2, 0) is 9.53 Å². The van der Waals surface area contributed by atoms with Crippen LogP contribution in [0.5, 0.6) is 6.01 Å². The number of hydrogen-bond donors (Lipinski definition) is 2. The fourth-order valence-corrected chi connectivity index (χ4v) is 2.43. The van der Waals surface area contributed by atoms with Crippen LogP contribution in [0.15, 0.2) is 23.1 Å². The molecule has 3 rings (SSSR count). The number of hydrogen-bond acceptors (Lipinski definition) is 8. The predicted molar refractivity (Wildman–Crippen MR) is 98.3 cm³/mol. The summed E-state index contributed by atoms with van der Waals surface area (Å²) in [6, 6.07) is 3.65. The molecule has 10 heteroatoms. The number of aromatic nitrogens is 5. The Balaban J connectivity index is 1.95. The van der Waals surface area contributed by atoms with Gasteiger partial charge in [0.15, 0.2) is 11.5 Å². The van der Waals surface area contributed by atoms with E-state index in [1.54, 1.807) is 32.3 Å². The minimum Gasteiger partial charge on any atom is -0.462 e. The molecule has 0 amide bonds. The number of pyridine rings is 1. The summed E-state index contributed by atoms with van der Waals surface area (Å²) in [5.41, 5.74) is 1.84. The summed E-state index contributed by atoms with van der Waals surface area (Å²) in [5, 5.41) is 2.91. The highest BCUT2D eigenvalue weighted by atomic mass is 16.6. The molecule has 3 heterocycles. The van der Waals surface area contributed by atoms with Crippen molar-refractivity contribution in [2.75, 3.05) is 25.6 Å². The minimum absolute atomic E-state index is 0.0622. The van der Waals surface area contributed by atoms with Crippen molar-refractivity contribution in [3.05, 3.63) is 34.5 Å². The zero-order chi connectivity index (χ0) is 19.4. The van der Waals surface area contributed by atoms with E-state index in [1.165, 1.54) is 4.57 Å². The van der Waals surface area contributed by atoms with E-state index in [-0.39, 0.29) is 30.9 Å². The topological polar surface area (TPSA) is 124 Å². The smallest absolute Gasteiger partial charge is 0.332 e. The summed E-state index contributed by atoms with van der Waals surface area (Å²) < 4.78 is 11.8. The molecule has 0 bridgehead atoms. The average molecular weight is 372 g/mol. The maximum Gasteiger partial charge on any atom is 0.332 e. The molecule has 10 nitrogen and oxygen atoms in total. The lowest BCUT2D eigenvalue weighted by Gasteiger charge is -2.08. The van der Waals surface area contributed by atoms with E-state index in [0.717, 1.165) is 5.69 Å². The molecule has 0 spiro atoms. The molecule has 27 heavy (non-hydrogen) atoms. The molecule has 2 N–H and O–H groups in total. The van der Waals surface area contributed by atoms with Crippen LogP contribution in [0.3, 0.4) is 0 Å². The number of anilines is 1. The fraction of sp³-hybridized carbons (Fsp3) is 0.353. The number of imidazole rings is 1. The highest BCUT2D eigenvalue weighted by Crippen LogP contribution is 2.22. The second kappa shape index (κ2) is 7.85. The summed E-state index contributed by atoms with van der Waals surface area (Å²) in [6.45, 7) is 3.76. The standard InChI is InChI=1S/C17H20N6O4/c1-4-12(24)26-7-8-27-16-21-14(18-3)13-15(22-16)23(17(25)20-13)11-6-5-10(2)19-9-11/h5-6,9H,4,7-8H2,1-3H3,(H,20,25)(H,18,21,22). The van der Waals surface area contributed by atoms with Crippen LogP contribution in [0.4, 0.5) is 5.82 Å². The lowest BCUT2D eigenvalue weighted by atomic mass is 10.3. The number of esters is 1. The van der Waals surface area contributed by atoms with Crippen molar-refractivity contribution < 1.29 is 14.3 Å². The van der Waals surface area contributed by atoms with Gasteiger partial charge in [0.25, 0.3) is 0 Å². The van der Waals surface area contributed by atoms with Gasteiger partial charge in [-0.2, -0.15) is 9.97 Å². The number of aromatic amines is 1. The van der Waals surface area contributed by atoms with Crippen LogP contribution in [0.2, 0.25) is 0 Å². The van der Waals surface area contributed by atoms with Crippen molar-refractivity contribution in [2.45, 2.75) is 20.3 Å². The minimum atomic E-state index is -0.365. The second-order valence-corrected chi connectivity index (χ2v) is 5.65. The molecule has 0 aliphatic carbocycles. The van der Waals surface area contributed by atoms with E-state index < -0.39 is 0 Å². The normalized spacial score (nSPS) is 10.8. The molecule has 0 aromatic carbocycles. The Kier molecular flexibility index (Phi) is 5.34. The molecule has 3 aromatic heterocycles. The monoisotopic (exact) mass is 372 g/mol. The van der Waals surface area contributed by atoms with Crippen molar-refractivity contribution in [1.29, 1.82) is 0 Å². The van der Waals surface area contributed by atoms with E-state index in [0.29, 0.717) is 29.1 Å². The first-order valence-corrected chi connectivity index (χ1v) is 8.45. The van der Waals surface area contributed by atoms with Crippen molar-refractivity contribution >= 4 is 23.0 Å². The van der Waals surface area contributed by atoms with Crippen LogP contribution in [-0.4, -0.2) is 50.7 Å². The zero-order valence-corrected chi connectivity index (χ0v) is 15.3. The Hall–Kier alpha value is -3.43. The lowest BCUT2D eigenvalue weighted by Crippen LogP contribution is -2.15. The molecule has 0 saturated carbocycles. The quantitative estimate of drug-likeness (QED) is 0.468. The first-order chi connectivity index (χ1) is 13.0. The van der Waals surface area contributed by atoms with Crippen molar-refractivity contribution in [3.63, 3.8) is 0 Å². The molecule has 0 fully saturated rings. The highest BCUT2D eigenvalue weighted by Gasteiger charge is 2.17. The third-order valence-electron chi connectivity index (χ3n) is 3.77. The first kappa shape index (κ1) is 18.4. The lowest BCUT2D eigenvalue weighted by molar-refractivity contribution is -0.144. The number of nitrogens with one attached hydrogen (secondary N) is 2. The van der Waals surface area contributed by atoms with Gasteiger partial charge in [0.2, 0.25) is 0 Å². The van der Waals surface area contributed by atoms with Gasteiger partial charge in [-0.3, -0.25) is 9.78 Å². The van der Waals surface area contributed by atoms with Crippen LogP contribution < -0.4 is 15.7 Å². The van der Waals surface area contributed by atoms with E-state index in [4.69, 9.17) is 9.47 Å². The van der Waals surface area contributed by atoms with E-state index >= 15 is 0 Å². The first-order valence-electron chi connectivity index (χ1n) is 8.45. The molecule has 0 saturated heterocycles. The van der Waals surface area contributed by atoms with Gasteiger partial charge in [0, 0.05) is 19.2 Å².